The number of nitrogens with one attached hydrogen (secondary N) is 1. The molecule has 1 aliphatic rings. The van der Waals surface area contributed by atoms with Crippen LogP contribution in [-0.2, 0) is 4.79 Å². The molecule has 5 nitrogen and oxygen atoms in total. The highest BCUT2D eigenvalue weighted by atomic mass is 19.1. The number of ether oxygens (including phenoxy) is 1. The van der Waals surface area contributed by atoms with Crippen LogP contribution in [-0.4, -0.2) is 29.2 Å². The maximum Gasteiger partial charge on any atom is 0.224 e. The number of aliphatic hydroxyl groups excluding tert-OH is 1. The minimum atomic E-state index is -0.524. The summed E-state index contributed by atoms with van der Waals surface area (Å²) >= 11 is 0. The van der Waals surface area contributed by atoms with Gasteiger partial charge in [-0.05, 0) is 48.6 Å². The molecule has 1 heterocycles. The largest absolute Gasteiger partial charge is 0.478 e. The van der Waals surface area contributed by atoms with Crippen LogP contribution in [0.4, 0.5) is 4.39 Å². The van der Waals surface area contributed by atoms with Gasteiger partial charge in [-0.2, -0.15) is 0 Å². The highest BCUT2D eigenvalue weighted by Crippen LogP contribution is 2.47. The second-order valence-electron chi connectivity index (χ2n) is 6.11. The number of rotatable bonds is 7. The summed E-state index contributed by atoms with van der Waals surface area (Å²) in [5.74, 6) is -0.0814. The fourth-order valence-electron chi connectivity index (χ4n) is 2.93. The molecular weight excluding hydrogens is 323 g/mol. The SMILES string of the molecule is CCOc1ccc([C@H](CO)NC(=O)[C@H]2C[C@@H]2c2cccc(F)c2)cn1. The Morgan fingerprint density at radius 3 is 2.92 bits per heavy atom. The zero-order valence-electron chi connectivity index (χ0n) is 14.0. The monoisotopic (exact) mass is 344 g/mol. The number of carbonyl (C=O) groups excluding carboxylic acids is 1. The summed E-state index contributed by atoms with van der Waals surface area (Å²) in [6, 6.07) is 9.31. The van der Waals surface area contributed by atoms with Gasteiger partial charge in [-0.3, -0.25) is 4.79 Å². The lowest BCUT2D eigenvalue weighted by Gasteiger charge is -2.17. The Morgan fingerprint density at radius 1 is 1.44 bits per heavy atom. The molecule has 1 amide bonds. The van der Waals surface area contributed by atoms with Gasteiger partial charge in [0.05, 0.1) is 19.3 Å². The highest BCUT2D eigenvalue weighted by Gasteiger charge is 2.44. The Morgan fingerprint density at radius 2 is 2.28 bits per heavy atom. The van der Waals surface area contributed by atoms with Crippen LogP contribution in [0.25, 0.3) is 0 Å². The van der Waals surface area contributed by atoms with E-state index >= 15 is 0 Å². The Bertz CT molecular complexity index is 736. The van der Waals surface area contributed by atoms with E-state index in [1.54, 1.807) is 24.4 Å². The number of amides is 1. The fourth-order valence-corrected chi connectivity index (χ4v) is 2.93. The Kier molecular flexibility index (Phi) is 5.28. The second-order valence-corrected chi connectivity index (χ2v) is 6.11. The van der Waals surface area contributed by atoms with Crippen LogP contribution in [0.2, 0.25) is 0 Å². The van der Waals surface area contributed by atoms with Crippen LogP contribution in [0.3, 0.4) is 0 Å². The van der Waals surface area contributed by atoms with Gasteiger partial charge in [0.15, 0.2) is 0 Å². The molecule has 0 bridgehead atoms. The van der Waals surface area contributed by atoms with E-state index in [1.165, 1.54) is 12.1 Å². The maximum atomic E-state index is 13.3. The molecule has 6 heteroatoms. The average Bonchev–Trinajstić information content (AvgIpc) is 3.41. The first-order chi connectivity index (χ1) is 12.1. The van der Waals surface area contributed by atoms with Gasteiger partial charge in [0, 0.05) is 18.2 Å². The van der Waals surface area contributed by atoms with E-state index in [0.29, 0.717) is 24.5 Å². The molecule has 1 aromatic heterocycles. The van der Waals surface area contributed by atoms with Crippen molar-refractivity contribution in [3.8, 4) is 5.88 Å². The molecule has 132 valence electrons. The van der Waals surface area contributed by atoms with E-state index < -0.39 is 6.04 Å². The van der Waals surface area contributed by atoms with Gasteiger partial charge in [0.2, 0.25) is 11.8 Å². The Labute approximate surface area is 145 Å². The number of benzene rings is 1. The van der Waals surface area contributed by atoms with Crippen molar-refractivity contribution in [3.63, 3.8) is 0 Å². The third-order valence-corrected chi connectivity index (χ3v) is 4.36. The molecule has 1 saturated carbocycles. The first-order valence-electron chi connectivity index (χ1n) is 8.37. The lowest BCUT2D eigenvalue weighted by Crippen LogP contribution is -2.32. The van der Waals surface area contributed by atoms with Crippen LogP contribution < -0.4 is 10.1 Å². The van der Waals surface area contributed by atoms with Gasteiger partial charge in [-0.1, -0.05) is 12.1 Å². The van der Waals surface area contributed by atoms with Crippen LogP contribution in [0, 0.1) is 11.7 Å². The zero-order valence-corrected chi connectivity index (χ0v) is 14.0. The summed E-state index contributed by atoms with van der Waals surface area (Å²) in [7, 11) is 0. The van der Waals surface area contributed by atoms with Crippen molar-refractivity contribution < 1.29 is 19.0 Å². The molecular formula is C19H21FN2O3. The minimum absolute atomic E-state index is 0.0356. The van der Waals surface area contributed by atoms with Gasteiger partial charge < -0.3 is 15.2 Å². The summed E-state index contributed by atoms with van der Waals surface area (Å²) in [6.45, 7) is 2.17. The van der Waals surface area contributed by atoms with E-state index in [-0.39, 0.29) is 30.2 Å². The summed E-state index contributed by atoms with van der Waals surface area (Å²) < 4.78 is 18.6. The Balaban J connectivity index is 1.61. The van der Waals surface area contributed by atoms with Crippen molar-refractivity contribution in [2.24, 2.45) is 5.92 Å². The average molecular weight is 344 g/mol. The summed E-state index contributed by atoms with van der Waals surface area (Å²) in [5.41, 5.74) is 1.55. The van der Waals surface area contributed by atoms with E-state index in [1.807, 2.05) is 13.0 Å². The van der Waals surface area contributed by atoms with E-state index in [0.717, 1.165) is 5.56 Å². The number of hydrogen-bond acceptors (Lipinski definition) is 4. The van der Waals surface area contributed by atoms with Crippen molar-refractivity contribution >= 4 is 5.91 Å². The number of aliphatic hydroxyl groups is 1. The predicted octanol–water partition coefficient (Wildman–Crippen LogP) is 2.57. The highest BCUT2D eigenvalue weighted by molar-refractivity contribution is 5.83. The number of carbonyl (C=O) groups is 1. The van der Waals surface area contributed by atoms with Crippen LogP contribution >= 0.6 is 0 Å². The van der Waals surface area contributed by atoms with Crippen LogP contribution in [0.5, 0.6) is 5.88 Å². The van der Waals surface area contributed by atoms with E-state index in [2.05, 4.69) is 10.3 Å². The molecule has 1 aromatic carbocycles. The van der Waals surface area contributed by atoms with Crippen molar-refractivity contribution in [2.45, 2.75) is 25.3 Å². The number of aromatic nitrogens is 1. The van der Waals surface area contributed by atoms with Crippen LogP contribution in [0.15, 0.2) is 42.6 Å². The first-order valence-corrected chi connectivity index (χ1v) is 8.37. The Hall–Kier alpha value is -2.47. The smallest absolute Gasteiger partial charge is 0.224 e. The number of hydrogen-bond donors (Lipinski definition) is 2. The second kappa shape index (κ2) is 7.61. The number of pyridine rings is 1. The van der Waals surface area contributed by atoms with Crippen molar-refractivity contribution in [2.75, 3.05) is 13.2 Å². The molecule has 0 radical (unpaired) electrons. The maximum absolute atomic E-state index is 13.3. The zero-order chi connectivity index (χ0) is 17.8. The summed E-state index contributed by atoms with van der Waals surface area (Å²) in [6.07, 6.45) is 2.28. The molecule has 0 unspecified atom stereocenters. The molecule has 3 rings (SSSR count). The molecule has 0 aliphatic heterocycles. The number of halogens is 1. The van der Waals surface area contributed by atoms with Crippen molar-refractivity contribution in [3.05, 3.63) is 59.5 Å². The summed E-state index contributed by atoms with van der Waals surface area (Å²) in [4.78, 5) is 16.6. The van der Waals surface area contributed by atoms with E-state index in [9.17, 15) is 14.3 Å². The van der Waals surface area contributed by atoms with Crippen LogP contribution in [0.1, 0.15) is 36.4 Å². The predicted molar refractivity (Wildman–Crippen MR) is 90.6 cm³/mol. The van der Waals surface area contributed by atoms with Gasteiger partial charge in [0.1, 0.15) is 5.82 Å². The molecule has 2 aromatic rings. The normalized spacial score (nSPS) is 20.0. The van der Waals surface area contributed by atoms with Gasteiger partial charge >= 0.3 is 0 Å². The quantitative estimate of drug-likeness (QED) is 0.810. The minimum Gasteiger partial charge on any atom is -0.478 e. The summed E-state index contributed by atoms with van der Waals surface area (Å²) in [5, 5.41) is 12.4. The third kappa shape index (κ3) is 4.14. The van der Waals surface area contributed by atoms with Gasteiger partial charge in [-0.15, -0.1) is 0 Å². The lowest BCUT2D eigenvalue weighted by atomic mass is 10.1. The van der Waals surface area contributed by atoms with E-state index in [4.69, 9.17) is 4.74 Å². The molecule has 0 spiro atoms. The molecule has 1 fully saturated rings. The molecule has 0 saturated heterocycles. The number of nitrogens with zero attached hydrogens (tertiary/aromatic N) is 1. The lowest BCUT2D eigenvalue weighted by molar-refractivity contribution is -0.123. The first kappa shape index (κ1) is 17.4. The van der Waals surface area contributed by atoms with Gasteiger partial charge in [0.25, 0.3) is 0 Å². The van der Waals surface area contributed by atoms with Gasteiger partial charge in [-0.25, -0.2) is 9.37 Å². The third-order valence-electron chi connectivity index (χ3n) is 4.36. The molecule has 25 heavy (non-hydrogen) atoms. The molecule has 1 aliphatic carbocycles. The fraction of sp³-hybridized carbons (Fsp3) is 0.368. The standard InChI is InChI=1S/C19H21FN2O3/c1-2-25-18-7-6-13(10-21-18)17(11-23)22-19(24)16-9-15(16)12-4-3-5-14(20)8-12/h3-8,10,15-17,23H,2,9,11H2,1H3,(H,22,24)/t15-,16+,17+/m1/s1. The van der Waals surface area contributed by atoms with Crippen molar-refractivity contribution in [1.29, 1.82) is 0 Å². The van der Waals surface area contributed by atoms with Crippen molar-refractivity contribution in [1.82, 2.24) is 10.3 Å². The topological polar surface area (TPSA) is 71.5 Å². The molecule has 2 N–H and O–H groups in total. The molecule has 3 atom stereocenters.